The van der Waals surface area contributed by atoms with Gasteiger partial charge in [-0.1, -0.05) is 28.1 Å². The summed E-state index contributed by atoms with van der Waals surface area (Å²) in [5.41, 5.74) is 0.877. The van der Waals surface area contributed by atoms with Gasteiger partial charge in [0.15, 0.2) is 0 Å². The van der Waals surface area contributed by atoms with Gasteiger partial charge >= 0.3 is 5.97 Å². The molecule has 1 aromatic carbocycles. The number of likely N-dealkylation sites (N-methyl/N-ethyl adjacent to an activating group) is 1. The minimum atomic E-state index is -0.990. The molecule has 0 spiro atoms. The summed E-state index contributed by atoms with van der Waals surface area (Å²) in [5.74, 6) is -1.16. The second-order valence-electron chi connectivity index (χ2n) is 3.60. The lowest BCUT2D eigenvalue weighted by molar-refractivity contribution is -0.144. The number of rotatable bonds is 5. The number of carbonyl (C=O) groups excluding carboxylic acids is 1. The van der Waals surface area contributed by atoms with Crippen molar-refractivity contribution in [3.8, 4) is 0 Å². The summed E-state index contributed by atoms with van der Waals surface area (Å²) in [5, 5.41) is 8.67. The summed E-state index contributed by atoms with van der Waals surface area (Å²) in [6, 6.07) is 7.40. The van der Waals surface area contributed by atoms with Crippen molar-refractivity contribution in [1.82, 2.24) is 4.90 Å². The highest BCUT2D eigenvalue weighted by molar-refractivity contribution is 9.10. The molecule has 1 aromatic rings. The first-order valence-corrected chi connectivity index (χ1v) is 6.06. The second kappa shape index (κ2) is 6.39. The Labute approximate surface area is 108 Å². The Balaban J connectivity index is 2.63. The van der Waals surface area contributed by atoms with E-state index in [-0.39, 0.29) is 18.9 Å². The molecular weight excluding hydrogens is 286 g/mol. The third-order valence-corrected chi connectivity index (χ3v) is 2.86. The largest absolute Gasteiger partial charge is 0.480 e. The van der Waals surface area contributed by atoms with Crippen LogP contribution >= 0.6 is 15.9 Å². The van der Waals surface area contributed by atoms with Crippen molar-refractivity contribution in [2.75, 3.05) is 13.1 Å². The van der Waals surface area contributed by atoms with Gasteiger partial charge in [-0.05, 0) is 24.6 Å². The number of hydrogen-bond acceptors (Lipinski definition) is 2. The van der Waals surface area contributed by atoms with E-state index in [0.29, 0.717) is 6.54 Å². The molecule has 0 saturated heterocycles. The Morgan fingerprint density at radius 1 is 1.29 bits per heavy atom. The first-order chi connectivity index (χ1) is 8.02. The molecule has 0 aromatic heterocycles. The Hall–Kier alpha value is -1.36. The van der Waals surface area contributed by atoms with E-state index in [1.165, 1.54) is 4.90 Å². The molecular formula is C12H14BrNO3. The summed E-state index contributed by atoms with van der Waals surface area (Å²) in [7, 11) is 0. The maximum atomic E-state index is 11.8. The molecule has 0 aliphatic heterocycles. The van der Waals surface area contributed by atoms with E-state index in [4.69, 9.17) is 5.11 Å². The van der Waals surface area contributed by atoms with Gasteiger partial charge in [-0.15, -0.1) is 0 Å². The van der Waals surface area contributed by atoms with E-state index in [1.807, 2.05) is 24.3 Å². The van der Waals surface area contributed by atoms with E-state index in [9.17, 15) is 9.59 Å². The van der Waals surface area contributed by atoms with Crippen LogP contribution in [0.2, 0.25) is 0 Å². The third kappa shape index (κ3) is 4.56. The zero-order chi connectivity index (χ0) is 12.8. The fourth-order valence-electron chi connectivity index (χ4n) is 1.43. The van der Waals surface area contributed by atoms with Gasteiger partial charge in [-0.25, -0.2) is 0 Å². The quantitative estimate of drug-likeness (QED) is 0.904. The van der Waals surface area contributed by atoms with Crippen molar-refractivity contribution >= 4 is 27.8 Å². The number of hydrogen-bond donors (Lipinski definition) is 1. The maximum absolute atomic E-state index is 11.8. The molecule has 0 bridgehead atoms. The molecule has 4 nitrogen and oxygen atoms in total. The standard InChI is InChI=1S/C12H14BrNO3/c1-2-14(8-12(16)17)11(15)7-9-3-5-10(13)6-4-9/h3-6H,2,7-8H2,1H3,(H,16,17). The van der Waals surface area contributed by atoms with Gasteiger partial charge in [0.25, 0.3) is 0 Å². The Morgan fingerprint density at radius 3 is 2.35 bits per heavy atom. The fourth-order valence-corrected chi connectivity index (χ4v) is 1.69. The van der Waals surface area contributed by atoms with Crippen LogP contribution in [-0.2, 0) is 16.0 Å². The van der Waals surface area contributed by atoms with Gasteiger partial charge in [0, 0.05) is 11.0 Å². The van der Waals surface area contributed by atoms with Crippen LogP contribution in [-0.4, -0.2) is 35.0 Å². The van der Waals surface area contributed by atoms with Gasteiger partial charge in [-0.2, -0.15) is 0 Å². The van der Waals surface area contributed by atoms with Crippen LogP contribution in [0, 0.1) is 0 Å². The smallest absolute Gasteiger partial charge is 0.323 e. The first-order valence-electron chi connectivity index (χ1n) is 5.27. The minimum absolute atomic E-state index is 0.169. The van der Waals surface area contributed by atoms with Gasteiger partial charge in [0.2, 0.25) is 5.91 Å². The van der Waals surface area contributed by atoms with Crippen LogP contribution < -0.4 is 0 Å². The molecule has 0 saturated carbocycles. The zero-order valence-electron chi connectivity index (χ0n) is 9.52. The van der Waals surface area contributed by atoms with E-state index in [2.05, 4.69) is 15.9 Å². The molecule has 0 atom stereocenters. The SMILES string of the molecule is CCN(CC(=O)O)C(=O)Cc1ccc(Br)cc1. The van der Waals surface area contributed by atoms with Crippen LogP contribution in [0.5, 0.6) is 0 Å². The molecule has 5 heteroatoms. The summed E-state index contributed by atoms with van der Waals surface area (Å²) >= 11 is 3.31. The van der Waals surface area contributed by atoms with Crippen molar-refractivity contribution in [3.05, 3.63) is 34.3 Å². The second-order valence-corrected chi connectivity index (χ2v) is 4.52. The summed E-state index contributed by atoms with van der Waals surface area (Å²) < 4.78 is 0.951. The average Bonchev–Trinajstić information content (AvgIpc) is 2.28. The molecule has 1 rings (SSSR count). The molecule has 0 heterocycles. The number of carboxylic acid groups (broad SMARTS) is 1. The van der Waals surface area contributed by atoms with Crippen LogP contribution in [0.15, 0.2) is 28.7 Å². The molecule has 17 heavy (non-hydrogen) atoms. The van der Waals surface area contributed by atoms with Gasteiger partial charge in [0.1, 0.15) is 6.54 Å². The van der Waals surface area contributed by atoms with Gasteiger partial charge in [0.05, 0.1) is 6.42 Å². The zero-order valence-corrected chi connectivity index (χ0v) is 11.1. The Bertz CT molecular complexity index is 403. The molecule has 1 amide bonds. The lowest BCUT2D eigenvalue weighted by atomic mass is 10.1. The van der Waals surface area contributed by atoms with E-state index in [0.717, 1.165) is 10.0 Å². The summed E-state index contributed by atoms with van der Waals surface area (Å²) in [4.78, 5) is 23.7. The van der Waals surface area contributed by atoms with Crippen LogP contribution in [0.4, 0.5) is 0 Å². The number of nitrogens with zero attached hydrogens (tertiary/aromatic N) is 1. The van der Waals surface area contributed by atoms with E-state index >= 15 is 0 Å². The normalized spacial score (nSPS) is 10.0. The van der Waals surface area contributed by atoms with Gasteiger partial charge < -0.3 is 10.0 Å². The molecule has 0 fully saturated rings. The minimum Gasteiger partial charge on any atom is -0.480 e. The molecule has 0 aliphatic rings. The highest BCUT2D eigenvalue weighted by atomic mass is 79.9. The van der Waals surface area contributed by atoms with Crippen molar-refractivity contribution in [1.29, 1.82) is 0 Å². The number of carbonyl (C=O) groups is 2. The predicted octanol–water partition coefficient (Wildman–Crippen LogP) is 1.92. The number of amides is 1. The monoisotopic (exact) mass is 299 g/mol. The van der Waals surface area contributed by atoms with Crippen molar-refractivity contribution in [3.63, 3.8) is 0 Å². The molecule has 92 valence electrons. The van der Waals surface area contributed by atoms with Crippen molar-refractivity contribution in [2.24, 2.45) is 0 Å². The van der Waals surface area contributed by atoms with Crippen LogP contribution in [0.1, 0.15) is 12.5 Å². The molecule has 0 aliphatic carbocycles. The maximum Gasteiger partial charge on any atom is 0.323 e. The Kier molecular flexibility index (Phi) is 5.15. The summed E-state index contributed by atoms with van der Waals surface area (Å²) in [6.07, 6.45) is 0.231. The van der Waals surface area contributed by atoms with Gasteiger partial charge in [-0.3, -0.25) is 9.59 Å². The number of carboxylic acids is 1. The average molecular weight is 300 g/mol. The molecule has 1 N–H and O–H groups in total. The highest BCUT2D eigenvalue weighted by Gasteiger charge is 2.14. The highest BCUT2D eigenvalue weighted by Crippen LogP contribution is 2.11. The van der Waals surface area contributed by atoms with E-state index in [1.54, 1.807) is 6.92 Å². The molecule has 0 unspecified atom stereocenters. The van der Waals surface area contributed by atoms with Crippen LogP contribution in [0.25, 0.3) is 0 Å². The molecule has 0 radical (unpaired) electrons. The first kappa shape index (κ1) is 13.7. The fraction of sp³-hybridized carbons (Fsp3) is 0.333. The van der Waals surface area contributed by atoms with Crippen molar-refractivity contribution < 1.29 is 14.7 Å². The lowest BCUT2D eigenvalue weighted by Gasteiger charge is -2.18. The third-order valence-electron chi connectivity index (χ3n) is 2.33. The van der Waals surface area contributed by atoms with Crippen molar-refractivity contribution in [2.45, 2.75) is 13.3 Å². The lowest BCUT2D eigenvalue weighted by Crippen LogP contribution is -2.36. The number of halogens is 1. The van der Waals surface area contributed by atoms with E-state index < -0.39 is 5.97 Å². The van der Waals surface area contributed by atoms with Crippen LogP contribution in [0.3, 0.4) is 0 Å². The number of aliphatic carboxylic acids is 1. The topological polar surface area (TPSA) is 57.6 Å². The Morgan fingerprint density at radius 2 is 1.88 bits per heavy atom. The number of benzene rings is 1. The predicted molar refractivity (Wildman–Crippen MR) is 67.7 cm³/mol. The summed E-state index contributed by atoms with van der Waals surface area (Å²) in [6.45, 7) is 1.93.